The predicted molar refractivity (Wildman–Crippen MR) is 143 cm³/mol. The number of nitrogens with one attached hydrogen (secondary N) is 1. The van der Waals surface area contributed by atoms with E-state index in [1.54, 1.807) is 0 Å². The molecule has 166 valence electrons. The summed E-state index contributed by atoms with van der Waals surface area (Å²) in [5.74, 6) is 0. The molecule has 0 atom stereocenters. The van der Waals surface area contributed by atoms with Crippen LogP contribution in [-0.4, -0.2) is 27.4 Å². The number of rotatable bonds is 10. The van der Waals surface area contributed by atoms with Crippen LogP contribution in [0.4, 0.5) is 17.1 Å². The zero-order valence-electron chi connectivity index (χ0n) is 18.5. The summed E-state index contributed by atoms with van der Waals surface area (Å²) in [5.41, 5.74) is 4.07. The zero-order valence-corrected chi connectivity index (χ0v) is 21.2. The van der Waals surface area contributed by atoms with Gasteiger partial charge in [0.25, 0.3) is 0 Å². The molecule has 1 N–H and O–H groups in total. The summed E-state index contributed by atoms with van der Waals surface area (Å²) in [6.45, 7) is 0. The zero-order chi connectivity index (χ0) is 22.8. The first-order valence-corrected chi connectivity index (χ1v) is 15.6. The normalized spacial score (nSPS) is 11.5. The van der Waals surface area contributed by atoms with Crippen LogP contribution in [0.1, 0.15) is 11.1 Å². The Morgan fingerprint density at radius 1 is 0.545 bits per heavy atom. The molecule has 0 saturated heterocycles. The van der Waals surface area contributed by atoms with E-state index in [-0.39, 0.29) is 0 Å². The second-order valence-corrected chi connectivity index (χ2v) is 15.3. The molecule has 0 radical (unpaired) electrons. The molecule has 0 fully saturated rings. The van der Waals surface area contributed by atoms with Crippen LogP contribution in [0.3, 0.4) is 0 Å². The Kier molecular flexibility index (Phi) is 8.44. The minimum absolute atomic E-state index is 0.849. The monoisotopic (exact) mass is 517 g/mol. The van der Waals surface area contributed by atoms with Gasteiger partial charge >= 0.3 is 205 Å². The van der Waals surface area contributed by atoms with E-state index in [0.717, 1.165) is 42.2 Å². The van der Waals surface area contributed by atoms with Gasteiger partial charge in [-0.15, -0.1) is 0 Å². The van der Waals surface area contributed by atoms with Crippen molar-refractivity contribution in [2.75, 3.05) is 17.4 Å². The van der Waals surface area contributed by atoms with E-state index >= 15 is 0 Å². The number of aryl methyl sites for hydroxylation is 2. The Bertz CT molecular complexity index is 1150. The summed E-state index contributed by atoms with van der Waals surface area (Å²) in [7, 11) is 0. The van der Waals surface area contributed by atoms with Crippen molar-refractivity contribution in [3.05, 3.63) is 126 Å². The second-order valence-electron chi connectivity index (χ2n) is 8.00. The Morgan fingerprint density at radius 3 is 1.45 bits per heavy atom. The Morgan fingerprint density at radius 2 is 0.970 bits per heavy atom. The van der Waals surface area contributed by atoms with Gasteiger partial charge < -0.3 is 0 Å². The number of azo groups is 1. The molecular weight excluding hydrogens is 488 g/mol. The first-order chi connectivity index (χ1) is 16.2. The van der Waals surface area contributed by atoms with Crippen molar-refractivity contribution in [1.82, 2.24) is 0 Å². The van der Waals surface area contributed by atoms with Gasteiger partial charge in [0, 0.05) is 0 Å². The van der Waals surface area contributed by atoms with Gasteiger partial charge in [0.1, 0.15) is 0 Å². The molecule has 0 bridgehead atoms. The molecule has 0 heterocycles. The fraction of sp³-hybridized carbons (Fsp3) is 0.143. The molecular formula is C28H28N3PSe. The third kappa shape index (κ3) is 7.65. The summed E-state index contributed by atoms with van der Waals surface area (Å²) in [6.07, 6.45) is 4.35. The van der Waals surface area contributed by atoms with Gasteiger partial charge in [0.2, 0.25) is 0 Å². The van der Waals surface area contributed by atoms with Crippen molar-refractivity contribution >= 4 is 37.8 Å². The molecule has 0 aliphatic carbocycles. The molecule has 0 amide bonds. The topological polar surface area (TPSA) is 36.8 Å². The first kappa shape index (κ1) is 23.4. The van der Waals surface area contributed by atoms with E-state index in [2.05, 4.69) is 103 Å². The molecule has 0 spiro atoms. The first-order valence-electron chi connectivity index (χ1n) is 11.2. The minimum atomic E-state index is -1.53. The maximum absolute atomic E-state index is 4.36. The maximum atomic E-state index is 4.36. The molecule has 0 unspecified atom stereocenters. The number of nitrogens with zero attached hydrogens (tertiary/aromatic N) is 2. The molecule has 4 rings (SSSR count). The summed E-state index contributed by atoms with van der Waals surface area (Å²) in [6, 6.07) is 39.6. The summed E-state index contributed by atoms with van der Waals surface area (Å²) in [4.78, 5) is 0. The Labute approximate surface area is 204 Å². The van der Waals surface area contributed by atoms with Crippen LogP contribution in [-0.2, 0) is 12.8 Å². The van der Waals surface area contributed by atoms with Crippen LogP contribution in [0.2, 0.25) is 0 Å². The van der Waals surface area contributed by atoms with E-state index < -0.39 is 5.66 Å². The van der Waals surface area contributed by atoms with Crippen LogP contribution >= 0.6 is 5.66 Å². The summed E-state index contributed by atoms with van der Waals surface area (Å²) < 4.78 is 0. The standard InChI is InChI=1S/C28H28N3PSe/c33-32(22-20-24-10-4-1-5-11-24,23-21-25-12-6-2-7-13-25)31-28-18-16-27(17-19-28)30-29-26-14-8-3-9-15-26/h1-19H,20-23H2,(H,31,33). The summed E-state index contributed by atoms with van der Waals surface area (Å²) in [5, 5.41) is 12.6. The SMILES string of the molecule is [Se]=P(CCc1ccccc1)(CCc1ccccc1)Nc1ccc(N=Nc2ccccc2)cc1. The molecule has 0 aliphatic heterocycles. The van der Waals surface area contributed by atoms with Gasteiger partial charge in [-0.25, -0.2) is 0 Å². The fourth-order valence-corrected chi connectivity index (χ4v) is 7.70. The van der Waals surface area contributed by atoms with Crippen LogP contribution in [0.25, 0.3) is 0 Å². The quantitative estimate of drug-likeness (QED) is 0.129. The van der Waals surface area contributed by atoms with Gasteiger partial charge in [0.15, 0.2) is 0 Å². The number of hydrogen-bond acceptors (Lipinski definition) is 3. The van der Waals surface area contributed by atoms with E-state index in [0.29, 0.717) is 0 Å². The second kappa shape index (κ2) is 11.9. The molecule has 4 aromatic carbocycles. The average molecular weight is 516 g/mol. The molecule has 3 nitrogen and oxygen atoms in total. The van der Waals surface area contributed by atoms with Crippen molar-refractivity contribution in [3.63, 3.8) is 0 Å². The fourth-order valence-electron chi connectivity index (χ4n) is 3.58. The third-order valence-electron chi connectivity index (χ3n) is 5.45. The van der Waals surface area contributed by atoms with Gasteiger partial charge in [-0.2, -0.15) is 0 Å². The summed E-state index contributed by atoms with van der Waals surface area (Å²) >= 11 is 3.60. The van der Waals surface area contributed by atoms with Gasteiger partial charge in [-0.3, -0.25) is 0 Å². The number of hydrogen-bond donors (Lipinski definition) is 1. The van der Waals surface area contributed by atoms with Crippen LogP contribution in [0, 0.1) is 0 Å². The van der Waals surface area contributed by atoms with E-state index in [1.165, 1.54) is 11.1 Å². The Balaban J connectivity index is 1.45. The van der Waals surface area contributed by atoms with Crippen molar-refractivity contribution in [1.29, 1.82) is 0 Å². The van der Waals surface area contributed by atoms with Gasteiger partial charge in [0.05, 0.1) is 0 Å². The van der Waals surface area contributed by atoms with E-state index in [4.69, 9.17) is 0 Å². The average Bonchev–Trinajstić information content (AvgIpc) is 2.88. The van der Waals surface area contributed by atoms with Crippen molar-refractivity contribution in [2.24, 2.45) is 10.2 Å². The van der Waals surface area contributed by atoms with Gasteiger partial charge in [-0.05, 0) is 0 Å². The van der Waals surface area contributed by atoms with Crippen LogP contribution in [0.15, 0.2) is 125 Å². The molecule has 0 aromatic heterocycles. The van der Waals surface area contributed by atoms with Crippen molar-refractivity contribution in [3.8, 4) is 0 Å². The van der Waals surface area contributed by atoms with Gasteiger partial charge in [-0.1, -0.05) is 0 Å². The van der Waals surface area contributed by atoms with Crippen molar-refractivity contribution in [2.45, 2.75) is 12.8 Å². The van der Waals surface area contributed by atoms with E-state index in [9.17, 15) is 0 Å². The van der Waals surface area contributed by atoms with Crippen LogP contribution in [0.5, 0.6) is 0 Å². The number of benzene rings is 4. The molecule has 5 heteroatoms. The molecule has 4 aromatic rings. The molecule has 0 aliphatic rings. The number of anilines is 1. The van der Waals surface area contributed by atoms with Crippen molar-refractivity contribution < 1.29 is 0 Å². The molecule has 0 saturated carbocycles. The molecule has 33 heavy (non-hydrogen) atoms. The van der Waals surface area contributed by atoms with Crippen LogP contribution < -0.4 is 5.09 Å². The predicted octanol–water partition coefficient (Wildman–Crippen LogP) is 8.02. The Hall–Kier alpha value is -2.77. The third-order valence-corrected chi connectivity index (χ3v) is 10.9. The van der Waals surface area contributed by atoms with E-state index in [1.807, 2.05) is 42.5 Å².